The normalized spacial score (nSPS) is 14.4. The maximum atomic E-state index is 14.2. The highest BCUT2D eigenvalue weighted by Gasteiger charge is 2.17. The molecule has 0 radical (unpaired) electrons. The molecule has 0 aliphatic carbocycles. The number of hydrogen-bond acceptors (Lipinski definition) is 6. The largest absolute Gasteiger partial charge is 0.507 e. The first-order valence-electron chi connectivity index (χ1n) is 9.46. The quantitative estimate of drug-likeness (QED) is 0.498. The molecule has 3 N–H and O–H groups in total. The monoisotopic (exact) mass is 390 g/mol. The van der Waals surface area contributed by atoms with Gasteiger partial charge in [0.1, 0.15) is 28.3 Å². The van der Waals surface area contributed by atoms with E-state index in [0.29, 0.717) is 16.7 Å². The lowest BCUT2D eigenvalue weighted by Gasteiger charge is -2.29. The molecular weight excluding hydrogens is 371 g/mol. The van der Waals surface area contributed by atoms with Crippen molar-refractivity contribution in [3.8, 4) is 28.4 Å². The van der Waals surface area contributed by atoms with Gasteiger partial charge in [-0.25, -0.2) is 14.4 Å². The number of rotatable bonds is 3. The number of hydrogen-bond donors (Lipinski definition) is 3. The molecule has 2 aromatic heterocycles. The topological polar surface area (TPSA) is 90.0 Å². The van der Waals surface area contributed by atoms with Crippen molar-refractivity contribution >= 4 is 16.7 Å². The van der Waals surface area contributed by atoms with E-state index in [9.17, 15) is 9.50 Å². The van der Waals surface area contributed by atoms with Crippen LogP contribution in [0.1, 0.15) is 0 Å². The van der Waals surface area contributed by atoms with Gasteiger partial charge in [0.2, 0.25) is 0 Å². The molecule has 4 aromatic rings. The number of aromatic nitrogens is 4. The second-order valence-corrected chi connectivity index (χ2v) is 6.95. The molecule has 2 aromatic carbocycles. The summed E-state index contributed by atoms with van der Waals surface area (Å²) in [6.45, 7) is 3.92. The highest BCUT2D eigenvalue weighted by atomic mass is 19.1. The molecule has 146 valence electrons. The lowest BCUT2D eigenvalue weighted by Crippen LogP contribution is -2.43. The minimum Gasteiger partial charge on any atom is -0.507 e. The summed E-state index contributed by atoms with van der Waals surface area (Å²) in [4.78, 5) is 11.0. The van der Waals surface area contributed by atoms with Gasteiger partial charge in [0.25, 0.3) is 0 Å². The van der Waals surface area contributed by atoms with Crippen LogP contribution in [0, 0.1) is 5.82 Å². The van der Waals surface area contributed by atoms with E-state index in [-0.39, 0.29) is 17.1 Å². The number of aromatic hydroxyl groups is 1. The zero-order chi connectivity index (χ0) is 19.8. The molecule has 29 heavy (non-hydrogen) atoms. The van der Waals surface area contributed by atoms with E-state index in [1.807, 2.05) is 12.1 Å². The second kappa shape index (κ2) is 7.14. The Morgan fingerprint density at radius 1 is 1.03 bits per heavy atom. The smallest absolute Gasteiger partial charge is 0.166 e. The van der Waals surface area contributed by atoms with Crippen LogP contribution < -0.4 is 10.2 Å². The van der Waals surface area contributed by atoms with Crippen LogP contribution in [0.5, 0.6) is 5.75 Å². The van der Waals surface area contributed by atoms with Crippen molar-refractivity contribution < 1.29 is 9.50 Å². The number of nitrogens with one attached hydrogen (secondary N) is 2. The molecule has 8 heteroatoms. The maximum Gasteiger partial charge on any atom is 0.166 e. The van der Waals surface area contributed by atoms with Gasteiger partial charge in [-0.2, -0.15) is 5.10 Å². The van der Waals surface area contributed by atoms with Gasteiger partial charge in [0.05, 0.1) is 11.8 Å². The summed E-state index contributed by atoms with van der Waals surface area (Å²) in [6.07, 6.45) is 1.55. The third-order valence-corrected chi connectivity index (χ3v) is 5.14. The summed E-state index contributed by atoms with van der Waals surface area (Å²) in [5, 5.41) is 20.7. The summed E-state index contributed by atoms with van der Waals surface area (Å²) in [6, 6.07) is 12.3. The molecular formula is C21H19FN6O. The molecule has 1 aliphatic rings. The predicted molar refractivity (Wildman–Crippen MR) is 109 cm³/mol. The molecule has 0 amide bonds. The second-order valence-electron chi connectivity index (χ2n) is 6.95. The van der Waals surface area contributed by atoms with Gasteiger partial charge in [-0.3, -0.25) is 5.10 Å². The fraction of sp³-hybridized carbons (Fsp3) is 0.190. The lowest BCUT2D eigenvalue weighted by atomic mass is 10.1. The van der Waals surface area contributed by atoms with E-state index in [2.05, 4.69) is 42.5 Å². The molecule has 0 saturated carbocycles. The maximum absolute atomic E-state index is 14.2. The first-order valence-corrected chi connectivity index (χ1v) is 9.46. The zero-order valence-electron chi connectivity index (χ0n) is 15.6. The van der Waals surface area contributed by atoms with E-state index in [1.54, 1.807) is 6.20 Å². The van der Waals surface area contributed by atoms with Crippen molar-refractivity contribution in [1.82, 2.24) is 25.5 Å². The van der Waals surface area contributed by atoms with Gasteiger partial charge in [-0.05, 0) is 24.3 Å². The van der Waals surface area contributed by atoms with Gasteiger partial charge in [0.15, 0.2) is 5.82 Å². The average molecular weight is 390 g/mol. The minimum absolute atomic E-state index is 0.0180. The Morgan fingerprint density at radius 2 is 1.83 bits per heavy atom. The van der Waals surface area contributed by atoms with Crippen LogP contribution >= 0.6 is 0 Å². The highest BCUT2D eigenvalue weighted by Crippen LogP contribution is 2.32. The molecule has 0 bridgehead atoms. The standard InChI is InChI=1S/C21H19FN6O/c22-15-2-1-3-17(29)18(15)21-24-12-16-20(25-21)19(27-26-16)13-4-6-14(7-5-13)28-10-8-23-9-11-28/h1-7,12,23,29H,8-11H2,(H,26,27). The fourth-order valence-electron chi connectivity index (χ4n) is 3.62. The number of piperazine rings is 1. The summed E-state index contributed by atoms with van der Waals surface area (Å²) < 4.78 is 14.2. The van der Waals surface area contributed by atoms with Gasteiger partial charge in [-0.15, -0.1) is 0 Å². The number of H-pyrrole nitrogens is 1. The third-order valence-electron chi connectivity index (χ3n) is 5.14. The number of anilines is 1. The SMILES string of the molecule is Oc1cccc(F)c1-c1ncc2[nH]nc(-c3ccc(N4CCNCC4)cc3)c2n1. The van der Waals surface area contributed by atoms with E-state index in [1.165, 1.54) is 23.9 Å². The highest BCUT2D eigenvalue weighted by molar-refractivity contribution is 5.90. The number of phenolic OH excluding ortho intramolecular Hbond substituents is 1. The fourth-order valence-corrected chi connectivity index (χ4v) is 3.62. The molecule has 5 rings (SSSR count). The van der Waals surface area contributed by atoms with Crippen molar-refractivity contribution in [2.24, 2.45) is 0 Å². The van der Waals surface area contributed by atoms with Crippen molar-refractivity contribution in [3.05, 3.63) is 54.5 Å². The Bertz CT molecular complexity index is 1150. The zero-order valence-corrected chi connectivity index (χ0v) is 15.6. The third kappa shape index (κ3) is 3.17. The van der Waals surface area contributed by atoms with Crippen molar-refractivity contribution in [3.63, 3.8) is 0 Å². The van der Waals surface area contributed by atoms with Crippen LogP contribution in [0.4, 0.5) is 10.1 Å². The Balaban J connectivity index is 1.54. The van der Waals surface area contributed by atoms with Gasteiger partial charge < -0.3 is 15.3 Å². The molecule has 1 aliphatic heterocycles. The Morgan fingerprint density at radius 3 is 2.59 bits per heavy atom. The minimum atomic E-state index is -0.574. The molecule has 1 saturated heterocycles. The first kappa shape index (κ1) is 17.6. The van der Waals surface area contributed by atoms with Gasteiger partial charge in [0, 0.05) is 37.4 Å². The van der Waals surface area contributed by atoms with E-state index < -0.39 is 5.82 Å². The van der Waals surface area contributed by atoms with E-state index in [4.69, 9.17) is 0 Å². The predicted octanol–water partition coefficient (Wildman–Crippen LogP) is 2.94. The van der Waals surface area contributed by atoms with E-state index >= 15 is 0 Å². The van der Waals surface area contributed by atoms with Crippen molar-refractivity contribution in [2.75, 3.05) is 31.1 Å². The van der Waals surface area contributed by atoms with Crippen LogP contribution in [-0.4, -0.2) is 51.5 Å². The average Bonchev–Trinajstić information content (AvgIpc) is 3.18. The summed E-state index contributed by atoms with van der Waals surface area (Å²) in [5.41, 5.74) is 3.93. The van der Waals surface area contributed by atoms with E-state index in [0.717, 1.165) is 31.7 Å². The Hall–Kier alpha value is -3.52. The molecule has 7 nitrogen and oxygen atoms in total. The number of benzene rings is 2. The summed E-state index contributed by atoms with van der Waals surface area (Å²) >= 11 is 0. The number of nitrogens with zero attached hydrogens (tertiary/aromatic N) is 4. The summed E-state index contributed by atoms with van der Waals surface area (Å²) in [7, 11) is 0. The van der Waals surface area contributed by atoms with Crippen LogP contribution in [0.25, 0.3) is 33.7 Å². The molecule has 0 spiro atoms. The Kier molecular flexibility index (Phi) is 4.33. The number of phenols is 1. The van der Waals surface area contributed by atoms with Crippen molar-refractivity contribution in [2.45, 2.75) is 0 Å². The first-order chi connectivity index (χ1) is 14.2. The van der Waals surface area contributed by atoms with Crippen LogP contribution in [0.3, 0.4) is 0 Å². The van der Waals surface area contributed by atoms with Crippen molar-refractivity contribution in [1.29, 1.82) is 0 Å². The molecule has 1 fully saturated rings. The molecule has 3 heterocycles. The molecule has 0 unspecified atom stereocenters. The number of halogens is 1. The van der Waals surface area contributed by atoms with Crippen LogP contribution in [-0.2, 0) is 0 Å². The van der Waals surface area contributed by atoms with Crippen LogP contribution in [0.15, 0.2) is 48.7 Å². The van der Waals surface area contributed by atoms with Gasteiger partial charge in [-0.1, -0.05) is 18.2 Å². The molecule has 0 atom stereocenters. The summed E-state index contributed by atoms with van der Waals surface area (Å²) in [5.74, 6) is -0.655. The lowest BCUT2D eigenvalue weighted by molar-refractivity contribution is 0.471. The Labute approximate surface area is 166 Å². The number of aromatic amines is 1. The van der Waals surface area contributed by atoms with Gasteiger partial charge >= 0.3 is 0 Å². The van der Waals surface area contributed by atoms with Crippen LogP contribution in [0.2, 0.25) is 0 Å². The number of fused-ring (bicyclic) bond motifs is 1.